The van der Waals surface area contributed by atoms with Crippen molar-refractivity contribution in [1.29, 1.82) is 0 Å². The van der Waals surface area contributed by atoms with Crippen molar-refractivity contribution < 1.29 is 5.11 Å². The number of nitrogens with one attached hydrogen (secondary N) is 1. The molecule has 4 rings (SSSR count). The summed E-state index contributed by atoms with van der Waals surface area (Å²) in [5.74, 6) is 0.579. The smallest absolute Gasteiger partial charge is 0.298 e. The summed E-state index contributed by atoms with van der Waals surface area (Å²) in [6, 6.07) is 14.4. The van der Waals surface area contributed by atoms with Crippen LogP contribution in [0.1, 0.15) is 11.4 Å². The average Bonchev–Trinajstić information content (AvgIpc) is 2.95. The third-order valence-electron chi connectivity index (χ3n) is 3.91. The van der Waals surface area contributed by atoms with Crippen LogP contribution in [0.2, 0.25) is 0 Å². The molecule has 0 saturated carbocycles. The largest absolute Gasteiger partial charge is 0.507 e. The highest BCUT2D eigenvalue weighted by molar-refractivity contribution is 6.04. The van der Waals surface area contributed by atoms with Crippen LogP contribution in [0, 0.1) is 6.92 Å². The summed E-state index contributed by atoms with van der Waals surface area (Å²) >= 11 is 0. The first kappa shape index (κ1) is 14.2. The van der Waals surface area contributed by atoms with Gasteiger partial charge in [0.25, 0.3) is 5.56 Å². The maximum absolute atomic E-state index is 12.7. The molecule has 24 heavy (non-hydrogen) atoms. The predicted molar refractivity (Wildman–Crippen MR) is 93.7 cm³/mol. The molecular formula is C18H14N4O2. The Labute approximate surface area is 136 Å². The lowest BCUT2D eigenvalue weighted by atomic mass is 10.2. The summed E-state index contributed by atoms with van der Waals surface area (Å²) in [5.41, 5.74) is 2.16. The second-order valence-electron chi connectivity index (χ2n) is 5.47. The van der Waals surface area contributed by atoms with E-state index in [-0.39, 0.29) is 11.3 Å². The van der Waals surface area contributed by atoms with Crippen LogP contribution in [0.5, 0.6) is 5.75 Å². The van der Waals surface area contributed by atoms with Crippen molar-refractivity contribution in [2.45, 2.75) is 6.92 Å². The number of aryl methyl sites for hydroxylation is 1. The van der Waals surface area contributed by atoms with Gasteiger partial charge in [-0.05, 0) is 25.1 Å². The van der Waals surface area contributed by atoms with Crippen molar-refractivity contribution in [3.8, 4) is 5.75 Å². The fraction of sp³-hybridized carbons (Fsp3) is 0.0556. The maximum atomic E-state index is 12.7. The first-order valence-electron chi connectivity index (χ1n) is 7.47. The molecule has 4 aromatic rings. The molecule has 0 saturated heterocycles. The number of aromatic amines is 1. The molecule has 2 heterocycles. The quantitative estimate of drug-likeness (QED) is 0.557. The highest BCUT2D eigenvalue weighted by Crippen LogP contribution is 2.21. The van der Waals surface area contributed by atoms with Gasteiger partial charge in [-0.25, -0.2) is 4.98 Å². The molecule has 118 valence electrons. The zero-order valence-electron chi connectivity index (χ0n) is 12.9. The minimum atomic E-state index is -0.277. The van der Waals surface area contributed by atoms with Crippen LogP contribution in [-0.2, 0) is 0 Å². The Hall–Kier alpha value is -3.41. The molecule has 2 aromatic carbocycles. The van der Waals surface area contributed by atoms with E-state index in [4.69, 9.17) is 0 Å². The van der Waals surface area contributed by atoms with Crippen LogP contribution in [0.15, 0.2) is 58.4 Å². The molecule has 0 atom stereocenters. The van der Waals surface area contributed by atoms with Gasteiger partial charge in [0.2, 0.25) is 0 Å². The number of rotatable bonds is 2. The van der Waals surface area contributed by atoms with Gasteiger partial charge in [-0.3, -0.25) is 4.79 Å². The molecular weight excluding hydrogens is 304 g/mol. The number of benzene rings is 2. The lowest BCUT2D eigenvalue weighted by Crippen LogP contribution is -2.20. The van der Waals surface area contributed by atoms with Crippen molar-refractivity contribution in [2.75, 3.05) is 0 Å². The van der Waals surface area contributed by atoms with Gasteiger partial charge >= 0.3 is 0 Å². The van der Waals surface area contributed by atoms with Gasteiger partial charge in [0.05, 0.1) is 6.21 Å². The van der Waals surface area contributed by atoms with Crippen molar-refractivity contribution >= 4 is 28.2 Å². The van der Waals surface area contributed by atoms with Crippen LogP contribution in [0.25, 0.3) is 21.9 Å². The van der Waals surface area contributed by atoms with Crippen molar-refractivity contribution in [3.05, 3.63) is 70.3 Å². The zero-order chi connectivity index (χ0) is 16.7. The van der Waals surface area contributed by atoms with E-state index in [9.17, 15) is 9.90 Å². The average molecular weight is 318 g/mol. The minimum Gasteiger partial charge on any atom is -0.507 e. The summed E-state index contributed by atoms with van der Waals surface area (Å²) in [7, 11) is 0. The molecule has 0 aliphatic heterocycles. The number of hydrogen-bond donors (Lipinski definition) is 2. The van der Waals surface area contributed by atoms with E-state index in [2.05, 4.69) is 15.1 Å². The zero-order valence-corrected chi connectivity index (χ0v) is 12.9. The second-order valence-corrected chi connectivity index (χ2v) is 5.47. The normalized spacial score (nSPS) is 11.7. The number of aromatic nitrogens is 3. The minimum absolute atomic E-state index is 0.103. The third-order valence-corrected chi connectivity index (χ3v) is 3.91. The van der Waals surface area contributed by atoms with Gasteiger partial charge in [-0.2, -0.15) is 9.78 Å². The maximum Gasteiger partial charge on any atom is 0.298 e. The number of phenols is 1. The molecule has 0 fully saturated rings. The Bertz CT molecular complexity index is 1150. The van der Waals surface area contributed by atoms with E-state index in [0.29, 0.717) is 22.4 Å². The monoisotopic (exact) mass is 318 g/mol. The molecule has 0 spiro atoms. The van der Waals surface area contributed by atoms with E-state index in [0.717, 1.165) is 10.9 Å². The topological polar surface area (TPSA) is 83.3 Å². The Morgan fingerprint density at radius 2 is 1.92 bits per heavy atom. The van der Waals surface area contributed by atoms with E-state index in [1.54, 1.807) is 31.2 Å². The van der Waals surface area contributed by atoms with E-state index in [1.807, 2.05) is 24.3 Å². The van der Waals surface area contributed by atoms with Crippen LogP contribution in [-0.4, -0.2) is 26.0 Å². The molecule has 2 N–H and O–H groups in total. The Balaban J connectivity index is 1.92. The third kappa shape index (κ3) is 2.16. The molecule has 0 amide bonds. The van der Waals surface area contributed by atoms with Crippen molar-refractivity contribution in [1.82, 2.24) is 14.6 Å². The molecule has 2 aromatic heterocycles. The number of fused-ring (bicyclic) bond motifs is 3. The number of aromatic hydroxyl groups is 1. The summed E-state index contributed by atoms with van der Waals surface area (Å²) in [6.07, 6.45) is 1.44. The van der Waals surface area contributed by atoms with Gasteiger partial charge in [0.15, 0.2) is 0 Å². The fourth-order valence-corrected chi connectivity index (χ4v) is 2.71. The highest BCUT2D eigenvalue weighted by Gasteiger charge is 2.12. The summed E-state index contributed by atoms with van der Waals surface area (Å²) in [6.45, 7) is 1.73. The number of nitrogens with zero attached hydrogens (tertiary/aromatic N) is 3. The SMILES string of the molecule is Cc1nc2c([nH]c3ccccc32)c(=O)n1N=Cc1ccccc1O. The first-order chi connectivity index (χ1) is 11.6. The van der Waals surface area contributed by atoms with Gasteiger partial charge in [0.1, 0.15) is 22.6 Å². The number of hydrogen-bond acceptors (Lipinski definition) is 4. The number of para-hydroxylation sites is 2. The lowest BCUT2D eigenvalue weighted by Gasteiger charge is -2.03. The molecule has 0 aliphatic rings. The standard InChI is InChI=1S/C18H14N4O2/c1-11-20-16-13-7-3-4-8-14(13)21-17(16)18(24)22(11)19-10-12-6-2-5-9-15(12)23/h2-10,21,23H,1H3. The van der Waals surface area contributed by atoms with Crippen molar-refractivity contribution in [2.24, 2.45) is 5.10 Å². The second kappa shape index (κ2) is 5.34. The van der Waals surface area contributed by atoms with Crippen LogP contribution in [0.3, 0.4) is 0 Å². The molecule has 6 heteroatoms. The summed E-state index contributed by atoms with van der Waals surface area (Å²) < 4.78 is 1.23. The van der Waals surface area contributed by atoms with Crippen LogP contribution < -0.4 is 5.56 Å². The Morgan fingerprint density at radius 3 is 2.75 bits per heavy atom. The van der Waals surface area contributed by atoms with Crippen LogP contribution >= 0.6 is 0 Å². The molecule has 6 nitrogen and oxygen atoms in total. The van der Waals surface area contributed by atoms with E-state index >= 15 is 0 Å². The predicted octanol–water partition coefficient (Wildman–Crippen LogP) is 2.77. The van der Waals surface area contributed by atoms with Gasteiger partial charge in [-0.1, -0.05) is 30.3 Å². The summed E-state index contributed by atoms with van der Waals surface area (Å²) in [5, 5.41) is 14.9. The van der Waals surface area contributed by atoms with E-state index < -0.39 is 0 Å². The molecule has 0 unspecified atom stereocenters. The Morgan fingerprint density at radius 1 is 1.17 bits per heavy atom. The highest BCUT2D eigenvalue weighted by atomic mass is 16.3. The van der Waals surface area contributed by atoms with Gasteiger partial charge < -0.3 is 10.1 Å². The molecule has 0 aliphatic carbocycles. The Kier molecular flexibility index (Phi) is 3.16. The fourth-order valence-electron chi connectivity index (χ4n) is 2.71. The van der Waals surface area contributed by atoms with Crippen molar-refractivity contribution in [3.63, 3.8) is 0 Å². The lowest BCUT2D eigenvalue weighted by molar-refractivity contribution is 0.474. The number of phenolic OH excluding ortho intramolecular Hbond substituents is 1. The van der Waals surface area contributed by atoms with E-state index in [1.165, 1.54) is 10.9 Å². The summed E-state index contributed by atoms with van der Waals surface area (Å²) in [4.78, 5) is 20.4. The first-order valence-corrected chi connectivity index (χ1v) is 7.47. The van der Waals surface area contributed by atoms with Crippen LogP contribution in [0.4, 0.5) is 0 Å². The van der Waals surface area contributed by atoms with Gasteiger partial charge in [0, 0.05) is 16.5 Å². The van der Waals surface area contributed by atoms with Gasteiger partial charge in [-0.15, -0.1) is 0 Å². The molecule has 0 radical (unpaired) electrons. The number of H-pyrrole nitrogens is 1. The molecule has 0 bridgehead atoms.